The lowest BCUT2D eigenvalue weighted by molar-refractivity contribution is 0.246. The summed E-state index contributed by atoms with van der Waals surface area (Å²) in [5.41, 5.74) is 0. The summed E-state index contributed by atoms with van der Waals surface area (Å²) in [6, 6.07) is 0.538. The Balaban J connectivity index is 2.36. The van der Waals surface area contributed by atoms with E-state index in [2.05, 4.69) is 24.1 Å². The lowest BCUT2D eigenvalue weighted by Crippen LogP contribution is -2.41. The molecule has 0 bridgehead atoms. The zero-order valence-electron chi connectivity index (χ0n) is 11.3. The number of rotatable bonds is 5. The van der Waals surface area contributed by atoms with Crippen LogP contribution in [0.15, 0.2) is 0 Å². The predicted molar refractivity (Wildman–Crippen MR) is 72.0 cm³/mol. The van der Waals surface area contributed by atoms with Crippen molar-refractivity contribution in [2.45, 2.75) is 32.7 Å². The van der Waals surface area contributed by atoms with Crippen molar-refractivity contribution in [1.82, 2.24) is 10.2 Å². The molecule has 5 heteroatoms. The number of hydrogen-bond acceptors (Lipinski definition) is 4. The van der Waals surface area contributed by atoms with Gasteiger partial charge in [-0.15, -0.1) is 0 Å². The first-order chi connectivity index (χ1) is 7.88. The topological polar surface area (TPSA) is 49.4 Å². The Bertz CT molecular complexity index is 314. The van der Waals surface area contributed by atoms with Gasteiger partial charge in [0.25, 0.3) is 0 Å². The molecule has 0 radical (unpaired) electrons. The highest BCUT2D eigenvalue weighted by atomic mass is 32.2. The van der Waals surface area contributed by atoms with Gasteiger partial charge < -0.3 is 10.2 Å². The molecule has 0 aliphatic carbocycles. The van der Waals surface area contributed by atoms with Crippen molar-refractivity contribution in [2.75, 3.05) is 38.2 Å². The van der Waals surface area contributed by atoms with Gasteiger partial charge in [0.1, 0.15) is 9.84 Å². The second kappa shape index (κ2) is 6.71. The van der Waals surface area contributed by atoms with Crippen LogP contribution >= 0.6 is 0 Å². The molecule has 0 aromatic rings. The van der Waals surface area contributed by atoms with E-state index in [9.17, 15) is 8.42 Å². The first kappa shape index (κ1) is 14.9. The molecule has 0 amide bonds. The lowest BCUT2D eigenvalue weighted by Gasteiger charge is -2.26. The van der Waals surface area contributed by atoms with Crippen molar-refractivity contribution in [1.29, 1.82) is 0 Å². The SMILES string of the molecule is CC(C)C1CN(CCCS(C)(=O)=O)CCCN1. The zero-order valence-corrected chi connectivity index (χ0v) is 12.1. The molecule has 1 saturated heterocycles. The molecule has 0 aromatic carbocycles. The molecule has 1 unspecified atom stereocenters. The van der Waals surface area contributed by atoms with Crippen molar-refractivity contribution >= 4 is 9.84 Å². The standard InChI is InChI=1S/C12H26N2O2S/c1-11(2)12-10-14(7-4-6-13-12)8-5-9-17(3,15)16/h11-13H,4-10H2,1-3H3. The Morgan fingerprint density at radius 3 is 2.71 bits per heavy atom. The summed E-state index contributed by atoms with van der Waals surface area (Å²) in [5.74, 6) is 0.939. The summed E-state index contributed by atoms with van der Waals surface area (Å²) in [6.07, 6.45) is 3.22. The van der Waals surface area contributed by atoms with E-state index in [0.717, 1.165) is 39.0 Å². The zero-order chi connectivity index (χ0) is 12.9. The molecular weight excluding hydrogens is 236 g/mol. The van der Waals surface area contributed by atoms with Crippen molar-refractivity contribution in [3.63, 3.8) is 0 Å². The second-order valence-electron chi connectivity index (χ2n) is 5.44. The van der Waals surface area contributed by atoms with Crippen LogP contribution < -0.4 is 5.32 Å². The fourth-order valence-corrected chi connectivity index (χ4v) is 2.88. The monoisotopic (exact) mass is 262 g/mol. The molecule has 1 aliphatic rings. The van der Waals surface area contributed by atoms with E-state index < -0.39 is 9.84 Å². The smallest absolute Gasteiger partial charge is 0.147 e. The van der Waals surface area contributed by atoms with Gasteiger partial charge in [0.05, 0.1) is 5.75 Å². The van der Waals surface area contributed by atoms with Gasteiger partial charge in [-0.2, -0.15) is 0 Å². The van der Waals surface area contributed by atoms with Crippen LogP contribution in [-0.2, 0) is 9.84 Å². The molecule has 1 heterocycles. The highest BCUT2D eigenvalue weighted by molar-refractivity contribution is 7.90. The van der Waals surface area contributed by atoms with Gasteiger partial charge in [-0.25, -0.2) is 8.42 Å². The van der Waals surface area contributed by atoms with Crippen molar-refractivity contribution in [2.24, 2.45) is 5.92 Å². The molecule has 1 fully saturated rings. The van der Waals surface area contributed by atoms with E-state index in [1.807, 2.05) is 0 Å². The predicted octanol–water partition coefficient (Wildman–Crippen LogP) is 0.741. The Labute approximate surface area is 106 Å². The third-order valence-corrected chi connectivity index (χ3v) is 4.34. The minimum atomic E-state index is -2.81. The molecule has 0 spiro atoms. The van der Waals surface area contributed by atoms with E-state index >= 15 is 0 Å². The number of nitrogens with one attached hydrogen (secondary N) is 1. The normalized spacial score (nSPS) is 23.9. The molecule has 0 aromatic heterocycles. The van der Waals surface area contributed by atoms with Crippen LogP contribution in [0, 0.1) is 5.92 Å². The lowest BCUT2D eigenvalue weighted by atomic mass is 10.0. The van der Waals surface area contributed by atoms with Gasteiger partial charge in [0.2, 0.25) is 0 Å². The van der Waals surface area contributed by atoms with E-state index in [1.54, 1.807) is 0 Å². The molecule has 1 atom stereocenters. The molecule has 102 valence electrons. The summed E-state index contributed by atoms with van der Waals surface area (Å²) in [5, 5.41) is 3.56. The average Bonchev–Trinajstić information content (AvgIpc) is 2.41. The molecule has 17 heavy (non-hydrogen) atoms. The summed E-state index contributed by atoms with van der Waals surface area (Å²) < 4.78 is 22.2. The minimum Gasteiger partial charge on any atom is -0.312 e. The van der Waals surface area contributed by atoms with Gasteiger partial charge in [0, 0.05) is 18.8 Å². The fraction of sp³-hybridized carbons (Fsp3) is 1.00. The molecular formula is C12H26N2O2S. The van der Waals surface area contributed by atoms with Crippen LogP contribution in [0.2, 0.25) is 0 Å². The molecule has 1 rings (SSSR count). The van der Waals surface area contributed by atoms with E-state index in [1.165, 1.54) is 6.26 Å². The molecule has 1 N–H and O–H groups in total. The maximum Gasteiger partial charge on any atom is 0.147 e. The summed E-state index contributed by atoms with van der Waals surface area (Å²) in [4.78, 5) is 2.40. The number of sulfone groups is 1. The van der Waals surface area contributed by atoms with Crippen LogP contribution in [0.3, 0.4) is 0 Å². The van der Waals surface area contributed by atoms with Gasteiger partial charge in [-0.1, -0.05) is 13.8 Å². The highest BCUT2D eigenvalue weighted by Crippen LogP contribution is 2.09. The van der Waals surface area contributed by atoms with Crippen LogP contribution in [0.25, 0.3) is 0 Å². The Morgan fingerprint density at radius 1 is 1.41 bits per heavy atom. The third-order valence-electron chi connectivity index (χ3n) is 3.31. The van der Waals surface area contributed by atoms with Crippen LogP contribution in [-0.4, -0.2) is 57.5 Å². The van der Waals surface area contributed by atoms with Gasteiger partial charge >= 0.3 is 0 Å². The average molecular weight is 262 g/mol. The van der Waals surface area contributed by atoms with Crippen LogP contribution in [0.4, 0.5) is 0 Å². The van der Waals surface area contributed by atoms with E-state index in [-0.39, 0.29) is 0 Å². The molecule has 0 saturated carbocycles. The van der Waals surface area contributed by atoms with Crippen LogP contribution in [0.1, 0.15) is 26.7 Å². The highest BCUT2D eigenvalue weighted by Gasteiger charge is 2.19. The van der Waals surface area contributed by atoms with Gasteiger partial charge in [-0.05, 0) is 38.4 Å². The number of nitrogens with zero attached hydrogens (tertiary/aromatic N) is 1. The Kier molecular flexibility index (Phi) is 5.89. The van der Waals surface area contributed by atoms with E-state index in [4.69, 9.17) is 0 Å². The Hall–Kier alpha value is -0.130. The van der Waals surface area contributed by atoms with Crippen LogP contribution in [0.5, 0.6) is 0 Å². The van der Waals surface area contributed by atoms with Gasteiger partial charge in [0.15, 0.2) is 0 Å². The molecule has 4 nitrogen and oxygen atoms in total. The second-order valence-corrected chi connectivity index (χ2v) is 7.70. The summed E-state index contributed by atoms with van der Waals surface area (Å²) >= 11 is 0. The fourth-order valence-electron chi connectivity index (χ4n) is 2.22. The quantitative estimate of drug-likeness (QED) is 0.794. The first-order valence-corrected chi connectivity index (χ1v) is 8.58. The van der Waals surface area contributed by atoms with Crippen molar-refractivity contribution in [3.8, 4) is 0 Å². The summed E-state index contributed by atoms with van der Waals surface area (Å²) in [7, 11) is -2.81. The minimum absolute atomic E-state index is 0.309. The Morgan fingerprint density at radius 2 is 2.12 bits per heavy atom. The summed E-state index contributed by atoms with van der Waals surface area (Å²) in [6.45, 7) is 8.57. The van der Waals surface area contributed by atoms with Crippen molar-refractivity contribution < 1.29 is 8.42 Å². The van der Waals surface area contributed by atoms with E-state index in [0.29, 0.717) is 17.7 Å². The molecule has 1 aliphatic heterocycles. The largest absolute Gasteiger partial charge is 0.312 e. The maximum atomic E-state index is 11.1. The van der Waals surface area contributed by atoms with Gasteiger partial charge in [-0.3, -0.25) is 0 Å². The third kappa shape index (κ3) is 6.38. The first-order valence-electron chi connectivity index (χ1n) is 6.52. The van der Waals surface area contributed by atoms with Crippen molar-refractivity contribution in [3.05, 3.63) is 0 Å². The number of hydrogen-bond donors (Lipinski definition) is 1. The maximum absolute atomic E-state index is 11.1.